The van der Waals surface area contributed by atoms with E-state index >= 15 is 0 Å². The molecule has 9 heteroatoms. The lowest BCUT2D eigenvalue weighted by molar-refractivity contribution is -0.107. The van der Waals surface area contributed by atoms with Gasteiger partial charge >= 0.3 is 0 Å². The summed E-state index contributed by atoms with van der Waals surface area (Å²) in [7, 11) is 5.54. The molecule has 0 radical (unpaired) electrons. The molecule has 8 nitrogen and oxygen atoms in total. The second-order valence-electron chi connectivity index (χ2n) is 5.86. The molecule has 1 atom stereocenters. The monoisotopic (exact) mass is 463 g/mol. The highest BCUT2D eigenvalue weighted by molar-refractivity contribution is 5.75. The molecule has 0 aromatic heterocycles. The molecule has 0 aliphatic heterocycles. The second-order valence-corrected chi connectivity index (χ2v) is 5.86. The Morgan fingerprint density at radius 1 is 1.19 bits per heavy atom. The minimum absolute atomic E-state index is 0.0138. The molecule has 190 valence electrons. The van der Waals surface area contributed by atoms with Crippen molar-refractivity contribution in [3.8, 4) is 5.75 Å². The quantitative estimate of drug-likeness (QED) is 0.373. The van der Waals surface area contributed by atoms with Crippen molar-refractivity contribution in [2.45, 2.75) is 53.1 Å². The predicted molar refractivity (Wildman–Crippen MR) is 131 cm³/mol. The van der Waals surface area contributed by atoms with Crippen LogP contribution in [0.4, 0.5) is 10.1 Å². The van der Waals surface area contributed by atoms with Gasteiger partial charge in [0.25, 0.3) is 0 Å². The first-order chi connectivity index (χ1) is 15.4. The van der Waals surface area contributed by atoms with Crippen molar-refractivity contribution in [2.24, 2.45) is 0 Å². The fraction of sp³-hybridized carbons (Fsp3) is 0.652. The summed E-state index contributed by atoms with van der Waals surface area (Å²) in [6, 6.07) is 4.10. The van der Waals surface area contributed by atoms with E-state index in [0.29, 0.717) is 31.5 Å². The Labute approximate surface area is 194 Å². The molecule has 4 N–H and O–H groups in total. The average molecular weight is 464 g/mol. The summed E-state index contributed by atoms with van der Waals surface area (Å²) in [6.07, 6.45) is 1.51. The highest BCUT2D eigenvalue weighted by atomic mass is 19.1. The topological polar surface area (TPSA) is 111 Å². The third-order valence-corrected chi connectivity index (χ3v) is 3.71. The van der Waals surface area contributed by atoms with Crippen LogP contribution in [-0.2, 0) is 9.59 Å². The average Bonchev–Trinajstić information content (AvgIpc) is 2.84. The maximum Gasteiger partial charge on any atom is 0.214 e. The Balaban J connectivity index is -0.000000381. The fourth-order valence-electron chi connectivity index (χ4n) is 2.06. The summed E-state index contributed by atoms with van der Waals surface area (Å²) < 4.78 is 19.5. The molecule has 0 heterocycles. The molecular weight excluding hydrogens is 417 g/mol. The van der Waals surface area contributed by atoms with E-state index in [2.05, 4.69) is 10.6 Å². The van der Waals surface area contributed by atoms with Crippen LogP contribution in [0.25, 0.3) is 0 Å². The van der Waals surface area contributed by atoms with Crippen molar-refractivity contribution in [2.75, 3.05) is 52.3 Å². The zero-order chi connectivity index (χ0) is 26.0. The number of nitrogens with one attached hydrogen (secondary N) is 2. The smallest absolute Gasteiger partial charge is 0.214 e. The zero-order valence-electron chi connectivity index (χ0n) is 21.2. The van der Waals surface area contributed by atoms with Crippen LogP contribution in [0.2, 0.25) is 0 Å². The lowest BCUT2D eigenvalue weighted by Gasteiger charge is -2.27. The largest absolute Gasteiger partial charge is 0.488 e. The Morgan fingerprint density at radius 3 is 2.09 bits per heavy atom. The normalized spacial score (nSPS) is 10.7. The molecule has 0 saturated carbocycles. The molecule has 1 aromatic carbocycles. The van der Waals surface area contributed by atoms with Crippen LogP contribution in [0.3, 0.4) is 0 Å². The number of halogens is 1. The summed E-state index contributed by atoms with van der Waals surface area (Å²) in [6.45, 7) is 12.3. The molecule has 0 aliphatic carbocycles. The van der Waals surface area contributed by atoms with Crippen LogP contribution in [0.15, 0.2) is 18.2 Å². The van der Waals surface area contributed by atoms with E-state index in [0.717, 1.165) is 6.07 Å². The molecule has 32 heavy (non-hydrogen) atoms. The van der Waals surface area contributed by atoms with Crippen molar-refractivity contribution in [3.63, 3.8) is 0 Å². The highest BCUT2D eigenvalue weighted by Crippen LogP contribution is 2.25. The van der Waals surface area contributed by atoms with Gasteiger partial charge in [-0.2, -0.15) is 0 Å². The second kappa shape index (κ2) is 27.0. The summed E-state index contributed by atoms with van der Waals surface area (Å²) in [5, 5.41) is 25.0. The lowest BCUT2D eigenvalue weighted by atomic mass is 9.98. The molecule has 1 aromatic rings. The number of carbonyl (C=O) groups is 2. The zero-order valence-corrected chi connectivity index (χ0v) is 21.2. The van der Waals surface area contributed by atoms with Gasteiger partial charge in [-0.25, -0.2) is 4.39 Å². The number of hydrogen-bond acceptors (Lipinski definition) is 7. The van der Waals surface area contributed by atoms with Gasteiger partial charge < -0.3 is 35.3 Å². The van der Waals surface area contributed by atoms with Crippen molar-refractivity contribution >= 4 is 18.9 Å². The van der Waals surface area contributed by atoms with Crippen LogP contribution in [0.1, 0.15) is 47.5 Å². The maximum absolute atomic E-state index is 14.1. The van der Waals surface area contributed by atoms with E-state index in [9.17, 15) is 14.3 Å². The van der Waals surface area contributed by atoms with Crippen molar-refractivity contribution in [3.05, 3.63) is 24.0 Å². The van der Waals surface area contributed by atoms with Gasteiger partial charge in [-0.3, -0.25) is 4.79 Å². The van der Waals surface area contributed by atoms with Crippen LogP contribution >= 0.6 is 0 Å². The Kier molecular flexibility index (Phi) is 31.4. The molecule has 0 spiro atoms. The van der Waals surface area contributed by atoms with Gasteiger partial charge in [0.15, 0.2) is 11.6 Å². The van der Waals surface area contributed by atoms with Crippen LogP contribution < -0.4 is 20.3 Å². The first-order valence-corrected chi connectivity index (χ1v) is 10.9. The molecule has 1 unspecified atom stereocenters. The Morgan fingerprint density at radius 2 is 1.72 bits per heavy atom. The molecule has 0 fully saturated rings. The molecular formula is C23H46FN3O5. The van der Waals surface area contributed by atoms with E-state index in [-0.39, 0.29) is 25.5 Å². The van der Waals surface area contributed by atoms with E-state index in [4.69, 9.17) is 14.6 Å². The lowest BCUT2D eigenvalue weighted by Crippen LogP contribution is -2.38. The summed E-state index contributed by atoms with van der Waals surface area (Å²) in [5.41, 5.74) is -0.695. The van der Waals surface area contributed by atoms with Gasteiger partial charge in [0.2, 0.25) is 6.41 Å². The minimum atomic E-state index is -1.03. The number of anilines is 1. The van der Waals surface area contributed by atoms with E-state index in [1.165, 1.54) is 17.0 Å². The first-order valence-electron chi connectivity index (χ1n) is 10.9. The molecule has 1 amide bonds. The fourth-order valence-corrected chi connectivity index (χ4v) is 2.06. The van der Waals surface area contributed by atoms with E-state index in [1.807, 2.05) is 55.5 Å². The van der Waals surface area contributed by atoms with E-state index < -0.39 is 11.4 Å². The molecule has 0 aliphatic rings. The van der Waals surface area contributed by atoms with Gasteiger partial charge in [-0.1, -0.05) is 34.6 Å². The van der Waals surface area contributed by atoms with Gasteiger partial charge in [-0.15, -0.1) is 0 Å². The maximum atomic E-state index is 14.1. The predicted octanol–water partition coefficient (Wildman–Crippen LogP) is 2.61. The number of carbonyl (C=O) groups excluding carboxylic acids is 2. The Bertz CT molecular complexity index is 538. The number of nitrogens with zero attached hydrogens (tertiary/aromatic N) is 1. The molecule has 0 bridgehead atoms. The number of amides is 1. The van der Waals surface area contributed by atoms with Crippen LogP contribution in [0.5, 0.6) is 5.75 Å². The summed E-state index contributed by atoms with van der Waals surface area (Å²) in [5.74, 6) is -0.612. The minimum Gasteiger partial charge on any atom is -0.488 e. The molecule has 1 rings (SSSR count). The summed E-state index contributed by atoms with van der Waals surface area (Å²) >= 11 is 0. The van der Waals surface area contributed by atoms with E-state index in [1.54, 1.807) is 7.05 Å². The number of aliphatic hydroxyl groups is 2. The number of benzene rings is 1. The van der Waals surface area contributed by atoms with Crippen LogP contribution in [0, 0.1) is 5.82 Å². The van der Waals surface area contributed by atoms with Gasteiger partial charge in [0.05, 0.1) is 12.2 Å². The van der Waals surface area contributed by atoms with Gasteiger partial charge in [0.1, 0.15) is 13.4 Å². The number of hydrogen-bond donors (Lipinski definition) is 4. The number of rotatable bonds is 11. The van der Waals surface area contributed by atoms with Gasteiger partial charge in [0, 0.05) is 18.3 Å². The third kappa shape index (κ3) is 17.6. The molecule has 0 saturated heterocycles. The standard InChI is InChI=1S/C16H25FN2O4.C2H7N.2C2H6.CH2O/c1-3-16(22,6-7-18-2)11-23-15-5-4-13(10-14(15)17)19(12-21)8-9-20;1-3-2;3*1-2/h4-5,10,12,18,20,22H,3,6-9,11H2,1-2H3;3H,1-2H3;2*1-2H3;1H2. The van der Waals surface area contributed by atoms with Crippen LogP contribution in [-0.4, -0.2) is 76.5 Å². The van der Waals surface area contributed by atoms with Crippen molar-refractivity contribution in [1.29, 1.82) is 0 Å². The van der Waals surface area contributed by atoms with Gasteiger partial charge in [-0.05, 0) is 52.7 Å². The SMILES string of the molecule is C=O.CC.CC.CCC(O)(CCNC)COc1ccc(N(C=O)CCO)cc1F.CNC. The number of ether oxygens (including phenoxy) is 1. The Hall–Kier alpha value is -2.07. The summed E-state index contributed by atoms with van der Waals surface area (Å²) in [4.78, 5) is 20.1. The highest BCUT2D eigenvalue weighted by Gasteiger charge is 2.25. The van der Waals surface area contributed by atoms with Crippen molar-refractivity contribution < 1.29 is 28.9 Å². The number of aliphatic hydroxyl groups excluding tert-OH is 1. The third-order valence-electron chi connectivity index (χ3n) is 3.71. The first kappa shape index (κ1) is 37.3. The van der Waals surface area contributed by atoms with Crippen molar-refractivity contribution in [1.82, 2.24) is 10.6 Å².